The maximum Gasteiger partial charge on any atom is 0.237 e. The fourth-order valence-corrected chi connectivity index (χ4v) is 4.26. The highest BCUT2D eigenvalue weighted by molar-refractivity contribution is 8.00. The Kier molecular flexibility index (Phi) is 5.85. The van der Waals surface area contributed by atoms with E-state index in [2.05, 4.69) is 15.5 Å². The molecule has 0 aliphatic heterocycles. The van der Waals surface area contributed by atoms with Crippen molar-refractivity contribution in [3.63, 3.8) is 0 Å². The molecule has 1 atom stereocenters. The van der Waals surface area contributed by atoms with Gasteiger partial charge in [-0.25, -0.2) is 4.68 Å². The SMILES string of the molecule is CC(Sc1nnc(-c2ccc(Cl)cc2Cl)n1N)C(=O)Nc1cccc2ccccc12. The number of thioether (sulfide) groups is 1. The van der Waals surface area contributed by atoms with Crippen LogP contribution in [0.3, 0.4) is 0 Å². The van der Waals surface area contributed by atoms with Gasteiger partial charge >= 0.3 is 0 Å². The minimum Gasteiger partial charge on any atom is -0.335 e. The Morgan fingerprint density at radius 3 is 2.67 bits per heavy atom. The zero-order valence-electron chi connectivity index (χ0n) is 15.8. The maximum atomic E-state index is 12.8. The number of nitrogens with one attached hydrogen (secondary N) is 1. The van der Waals surface area contributed by atoms with Crippen molar-refractivity contribution in [2.24, 2.45) is 0 Å². The number of hydrogen-bond acceptors (Lipinski definition) is 5. The number of halogens is 2. The Morgan fingerprint density at radius 2 is 1.87 bits per heavy atom. The molecule has 3 aromatic carbocycles. The fraction of sp³-hybridized carbons (Fsp3) is 0.0952. The van der Waals surface area contributed by atoms with Gasteiger partial charge in [0.25, 0.3) is 0 Å². The van der Waals surface area contributed by atoms with E-state index in [1.165, 1.54) is 16.4 Å². The summed E-state index contributed by atoms with van der Waals surface area (Å²) in [5, 5.41) is 14.1. The van der Waals surface area contributed by atoms with Gasteiger partial charge in [0, 0.05) is 21.7 Å². The highest BCUT2D eigenvalue weighted by atomic mass is 35.5. The molecule has 0 aliphatic rings. The molecule has 30 heavy (non-hydrogen) atoms. The Bertz CT molecular complexity index is 1240. The molecule has 152 valence electrons. The number of carbonyl (C=O) groups excluding carboxylic acids is 1. The van der Waals surface area contributed by atoms with Crippen LogP contribution in [0.25, 0.3) is 22.2 Å². The average Bonchev–Trinajstić information content (AvgIpc) is 3.08. The first-order valence-electron chi connectivity index (χ1n) is 9.05. The first-order valence-corrected chi connectivity index (χ1v) is 10.7. The van der Waals surface area contributed by atoms with Gasteiger partial charge in [-0.1, -0.05) is 71.4 Å². The zero-order chi connectivity index (χ0) is 21.3. The number of nitrogens with two attached hydrogens (primary N) is 1. The molecule has 1 amide bonds. The van der Waals surface area contributed by atoms with Crippen LogP contribution in [-0.2, 0) is 4.79 Å². The van der Waals surface area contributed by atoms with Gasteiger partial charge in [-0.05, 0) is 36.6 Å². The second-order valence-corrected chi connectivity index (χ2v) is 8.73. The Balaban J connectivity index is 1.52. The summed E-state index contributed by atoms with van der Waals surface area (Å²) in [5.41, 5.74) is 1.36. The summed E-state index contributed by atoms with van der Waals surface area (Å²) < 4.78 is 1.32. The molecule has 1 heterocycles. The molecule has 1 unspecified atom stereocenters. The van der Waals surface area contributed by atoms with E-state index in [1.54, 1.807) is 25.1 Å². The number of fused-ring (bicyclic) bond motifs is 1. The number of anilines is 1. The van der Waals surface area contributed by atoms with Crippen LogP contribution >= 0.6 is 35.0 Å². The number of nitrogen functional groups attached to an aromatic ring is 1. The van der Waals surface area contributed by atoms with Crippen LogP contribution < -0.4 is 11.2 Å². The smallest absolute Gasteiger partial charge is 0.237 e. The number of rotatable bonds is 5. The summed E-state index contributed by atoms with van der Waals surface area (Å²) >= 11 is 13.4. The summed E-state index contributed by atoms with van der Waals surface area (Å²) in [5.74, 6) is 6.39. The predicted molar refractivity (Wildman–Crippen MR) is 124 cm³/mol. The molecule has 6 nitrogen and oxygen atoms in total. The van der Waals surface area contributed by atoms with Crippen LogP contribution in [0.4, 0.5) is 5.69 Å². The number of benzene rings is 3. The Hall–Kier alpha value is -2.74. The fourth-order valence-electron chi connectivity index (χ4n) is 2.99. The second-order valence-electron chi connectivity index (χ2n) is 6.58. The monoisotopic (exact) mass is 457 g/mol. The van der Waals surface area contributed by atoms with Crippen LogP contribution in [-0.4, -0.2) is 26.0 Å². The topological polar surface area (TPSA) is 85.8 Å². The third-order valence-corrected chi connectivity index (χ3v) is 6.14. The standard InChI is InChI=1S/C21H17Cl2N5OS/c1-12(20(29)25-18-8-4-6-13-5-2-3-7-15(13)18)30-21-27-26-19(28(21)24)16-10-9-14(22)11-17(16)23/h2-12H,24H2,1H3,(H,25,29). The molecule has 0 spiro atoms. The van der Waals surface area contributed by atoms with Crippen molar-refractivity contribution in [1.29, 1.82) is 0 Å². The van der Waals surface area contributed by atoms with Gasteiger partial charge in [-0.3, -0.25) is 4.79 Å². The van der Waals surface area contributed by atoms with Gasteiger partial charge in [-0.15, -0.1) is 10.2 Å². The van der Waals surface area contributed by atoms with Crippen LogP contribution in [0.2, 0.25) is 10.0 Å². The number of carbonyl (C=O) groups is 1. The van der Waals surface area contributed by atoms with Gasteiger partial charge in [0.2, 0.25) is 11.1 Å². The Labute approximate surface area is 187 Å². The van der Waals surface area contributed by atoms with Crippen molar-refractivity contribution in [2.45, 2.75) is 17.3 Å². The normalized spacial score (nSPS) is 12.1. The number of hydrogen-bond donors (Lipinski definition) is 2. The molecular weight excluding hydrogens is 441 g/mol. The largest absolute Gasteiger partial charge is 0.335 e. The van der Waals surface area contributed by atoms with Crippen LogP contribution in [0, 0.1) is 0 Å². The first kappa shape index (κ1) is 20.5. The lowest BCUT2D eigenvalue weighted by molar-refractivity contribution is -0.115. The number of amides is 1. The van der Waals surface area contributed by atoms with Crippen molar-refractivity contribution >= 4 is 57.3 Å². The molecule has 1 aromatic heterocycles. The van der Waals surface area contributed by atoms with Gasteiger partial charge in [0.05, 0.1) is 10.3 Å². The molecule has 0 bridgehead atoms. The predicted octanol–water partition coefficient (Wildman–Crippen LogP) is 5.24. The van der Waals surface area contributed by atoms with Crippen molar-refractivity contribution in [3.8, 4) is 11.4 Å². The maximum absolute atomic E-state index is 12.8. The molecule has 0 saturated heterocycles. The lowest BCUT2D eigenvalue weighted by Gasteiger charge is -2.13. The van der Waals surface area contributed by atoms with E-state index in [0.717, 1.165) is 16.5 Å². The summed E-state index contributed by atoms with van der Waals surface area (Å²) in [6.07, 6.45) is 0. The average molecular weight is 458 g/mol. The molecule has 0 fully saturated rings. The molecule has 3 N–H and O–H groups in total. The quantitative estimate of drug-likeness (QED) is 0.316. The van der Waals surface area contributed by atoms with E-state index in [0.29, 0.717) is 26.6 Å². The molecular formula is C21H17Cl2N5OS. The van der Waals surface area contributed by atoms with Crippen molar-refractivity contribution < 1.29 is 4.79 Å². The highest BCUT2D eigenvalue weighted by Crippen LogP contribution is 2.31. The van der Waals surface area contributed by atoms with E-state index in [1.807, 2.05) is 42.5 Å². The molecule has 0 aliphatic carbocycles. The van der Waals surface area contributed by atoms with Crippen molar-refractivity contribution in [3.05, 3.63) is 70.7 Å². The first-order chi connectivity index (χ1) is 14.4. The summed E-state index contributed by atoms with van der Waals surface area (Å²) in [6, 6.07) is 18.7. The van der Waals surface area contributed by atoms with E-state index in [-0.39, 0.29) is 5.91 Å². The van der Waals surface area contributed by atoms with Gasteiger partial charge in [0.1, 0.15) is 0 Å². The molecule has 4 rings (SSSR count). The van der Waals surface area contributed by atoms with E-state index >= 15 is 0 Å². The summed E-state index contributed by atoms with van der Waals surface area (Å²) in [6.45, 7) is 1.79. The minimum atomic E-state index is -0.455. The van der Waals surface area contributed by atoms with Crippen molar-refractivity contribution in [1.82, 2.24) is 14.9 Å². The Morgan fingerprint density at radius 1 is 1.10 bits per heavy atom. The van der Waals surface area contributed by atoms with E-state index < -0.39 is 5.25 Å². The van der Waals surface area contributed by atoms with Gasteiger partial charge in [-0.2, -0.15) is 0 Å². The van der Waals surface area contributed by atoms with Gasteiger partial charge in [0.15, 0.2) is 5.82 Å². The second kappa shape index (κ2) is 8.55. The third kappa shape index (κ3) is 4.09. The molecule has 0 saturated carbocycles. The lowest BCUT2D eigenvalue weighted by Crippen LogP contribution is -2.23. The van der Waals surface area contributed by atoms with Crippen LogP contribution in [0.15, 0.2) is 65.8 Å². The zero-order valence-corrected chi connectivity index (χ0v) is 18.2. The highest BCUT2D eigenvalue weighted by Gasteiger charge is 2.21. The van der Waals surface area contributed by atoms with Crippen LogP contribution in [0.5, 0.6) is 0 Å². The van der Waals surface area contributed by atoms with Gasteiger partial charge < -0.3 is 11.2 Å². The molecule has 9 heteroatoms. The summed E-state index contributed by atoms with van der Waals surface area (Å²) in [4.78, 5) is 12.8. The van der Waals surface area contributed by atoms with Crippen LogP contribution in [0.1, 0.15) is 6.92 Å². The lowest BCUT2D eigenvalue weighted by atomic mass is 10.1. The minimum absolute atomic E-state index is 0.162. The molecule has 4 aromatic rings. The van der Waals surface area contributed by atoms with Crippen molar-refractivity contribution in [2.75, 3.05) is 11.2 Å². The van der Waals surface area contributed by atoms with E-state index in [9.17, 15) is 4.79 Å². The summed E-state index contributed by atoms with van der Waals surface area (Å²) in [7, 11) is 0. The van der Waals surface area contributed by atoms with E-state index in [4.69, 9.17) is 29.0 Å². The number of aromatic nitrogens is 3. The number of nitrogens with zero attached hydrogens (tertiary/aromatic N) is 3. The third-order valence-electron chi connectivity index (χ3n) is 4.54. The molecule has 0 radical (unpaired) electrons.